The van der Waals surface area contributed by atoms with E-state index in [2.05, 4.69) is 21.6 Å². The van der Waals surface area contributed by atoms with Gasteiger partial charge < -0.3 is 4.74 Å². The first kappa shape index (κ1) is 8.74. The molecule has 0 bridgehead atoms. The molecule has 2 rings (SSSR count). The van der Waals surface area contributed by atoms with Crippen LogP contribution in [-0.4, -0.2) is 15.4 Å². The standard InChI is InChI=1S/C10H10N3O/c1-7-4-3-5-9(8(7)2)14-10-6-11-13-12-10/h3-5H,1-2H3,(H,11,12,13). The first-order chi connectivity index (χ1) is 6.77. The van der Waals surface area contributed by atoms with Gasteiger partial charge >= 0.3 is 0 Å². The molecule has 1 aromatic carbocycles. The molecule has 0 unspecified atom stereocenters. The summed E-state index contributed by atoms with van der Waals surface area (Å²) in [7, 11) is 0. The predicted octanol–water partition coefficient (Wildman–Crippen LogP) is 2.01. The van der Waals surface area contributed by atoms with Crippen molar-refractivity contribution in [3.63, 3.8) is 0 Å². The van der Waals surface area contributed by atoms with Gasteiger partial charge in [0.25, 0.3) is 5.88 Å². The Kier molecular flexibility index (Phi) is 2.18. The summed E-state index contributed by atoms with van der Waals surface area (Å²) in [5, 5.41) is 9.69. The van der Waals surface area contributed by atoms with E-state index < -0.39 is 0 Å². The van der Waals surface area contributed by atoms with Crippen LogP contribution < -0.4 is 4.74 Å². The zero-order valence-corrected chi connectivity index (χ0v) is 8.03. The number of hydrogen-bond donors (Lipinski definition) is 1. The van der Waals surface area contributed by atoms with Crippen LogP contribution in [0.15, 0.2) is 18.2 Å². The molecule has 1 radical (unpaired) electrons. The van der Waals surface area contributed by atoms with Crippen LogP contribution in [0.4, 0.5) is 0 Å². The highest BCUT2D eigenvalue weighted by atomic mass is 16.5. The summed E-state index contributed by atoms with van der Waals surface area (Å²) < 4.78 is 5.47. The molecule has 0 atom stereocenters. The highest BCUT2D eigenvalue weighted by Crippen LogP contribution is 2.24. The minimum atomic E-state index is 0.360. The molecule has 14 heavy (non-hydrogen) atoms. The molecular weight excluding hydrogens is 178 g/mol. The molecule has 0 amide bonds. The van der Waals surface area contributed by atoms with Crippen LogP contribution in [0.5, 0.6) is 11.6 Å². The number of benzene rings is 1. The van der Waals surface area contributed by atoms with E-state index in [1.54, 1.807) is 0 Å². The number of aryl methyl sites for hydroxylation is 1. The van der Waals surface area contributed by atoms with Crippen LogP contribution in [0, 0.1) is 20.0 Å². The second-order valence-corrected chi connectivity index (χ2v) is 3.04. The molecule has 0 saturated carbocycles. The van der Waals surface area contributed by atoms with Gasteiger partial charge in [-0.1, -0.05) is 22.4 Å². The van der Waals surface area contributed by atoms with E-state index in [4.69, 9.17) is 4.74 Å². The lowest BCUT2D eigenvalue weighted by Crippen LogP contribution is -1.89. The average molecular weight is 188 g/mol. The summed E-state index contributed by atoms with van der Waals surface area (Å²) in [6, 6.07) is 5.87. The van der Waals surface area contributed by atoms with E-state index in [1.165, 1.54) is 5.56 Å². The van der Waals surface area contributed by atoms with Crippen LogP contribution in [0.25, 0.3) is 0 Å². The van der Waals surface area contributed by atoms with Gasteiger partial charge in [0.15, 0.2) is 6.20 Å². The predicted molar refractivity (Wildman–Crippen MR) is 51.2 cm³/mol. The smallest absolute Gasteiger partial charge is 0.268 e. The summed E-state index contributed by atoms with van der Waals surface area (Å²) in [5.41, 5.74) is 2.29. The number of aromatic amines is 1. The molecule has 71 valence electrons. The third-order valence-corrected chi connectivity index (χ3v) is 2.12. The molecule has 0 fully saturated rings. The van der Waals surface area contributed by atoms with Gasteiger partial charge in [0, 0.05) is 0 Å². The van der Waals surface area contributed by atoms with Crippen LogP contribution in [0.1, 0.15) is 11.1 Å². The largest absolute Gasteiger partial charge is 0.436 e. The Hall–Kier alpha value is -1.84. The fraction of sp³-hybridized carbons (Fsp3) is 0.200. The van der Waals surface area contributed by atoms with Crippen molar-refractivity contribution in [2.24, 2.45) is 0 Å². The third kappa shape index (κ3) is 1.59. The number of ether oxygens (including phenoxy) is 1. The Morgan fingerprint density at radius 2 is 2.21 bits per heavy atom. The molecule has 4 nitrogen and oxygen atoms in total. The van der Waals surface area contributed by atoms with E-state index >= 15 is 0 Å². The number of rotatable bonds is 2. The molecule has 0 saturated heterocycles. The number of hydrogen-bond acceptors (Lipinski definition) is 3. The van der Waals surface area contributed by atoms with Gasteiger partial charge in [-0.25, -0.2) is 0 Å². The second-order valence-electron chi connectivity index (χ2n) is 3.04. The first-order valence-corrected chi connectivity index (χ1v) is 4.30. The number of H-pyrrole nitrogens is 1. The third-order valence-electron chi connectivity index (χ3n) is 2.12. The number of nitrogens with one attached hydrogen (secondary N) is 1. The zero-order chi connectivity index (χ0) is 9.97. The molecule has 1 aromatic heterocycles. The summed E-state index contributed by atoms with van der Waals surface area (Å²) in [6.07, 6.45) is 2.66. The van der Waals surface area contributed by atoms with E-state index in [0.29, 0.717) is 5.88 Å². The van der Waals surface area contributed by atoms with E-state index in [-0.39, 0.29) is 0 Å². The normalized spacial score (nSPS) is 10.1. The average Bonchev–Trinajstić information content (AvgIpc) is 2.66. The van der Waals surface area contributed by atoms with Gasteiger partial charge in [-0.3, -0.25) is 5.10 Å². The zero-order valence-electron chi connectivity index (χ0n) is 8.03. The van der Waals surface area contributed by atoms with Gasteiger partial charge in [-0.15, -0.1) is 0 Å². The quantitative estimate of drug-likeness (QED) is 0.784. The summed E-state index contributed by atoms with van der Waals surface area (Å²) in [5.74, 6) is 1.15. The maximum Gasteiger partial charge on any atom is 0.268 e. The van der Waals surface area contributed by atoms with Gasteiger partial charge in [0.2, 0.25) is 0 Å². The number of nitrogens with zero attached hydrogens (tertiary/aromatic N) is 2. The molecule has 0 aliphatic rings. The molecular formula is C10H10N3O. The molecule has 0 aliphatic carbocycles. The Morgan fingerprint density at radius 1 is 1.36 bits per heavy atom. The van der Waals surface area contributed by atoms with Crippen molar-refractivity contribution in [2.45, 2.75) is 13.8 Å². The maximum absolute atomic E-state index is 5.47. The van der Waals surface area contributed by atoms with Crippen molar-refractivity contribution in [3.8, 4) is 11.6 Å². The Bertz CT molecular complexity index is 423. The van der Waals surface area contributed by atoms with Crippen LogP contribution in [0.2, 0.25) is 0 Å². The lowest BCUT2D eigenvalue weighted by Gasteiger charge is -2.06. The molecule has 1 heterocycles. The summed E-state index contributed by atoms with van der Waals surface area (Å²) in [4.78, 5) is 0. The maximum atomic E-state index is 5.47. The van der Waals surface area contributed by atoms with Gasteiger partial charge in [0.1, 0.15) is 5.75 Å². The fourth-order valence-electron chi connectivity index (χ4n) is 1.15. The monoisotopic (exact) mass is 188 g/mol. The first-order valence-electron chi connectivity index (χ1n) is 4.30. The van der Waals surface area contributed by atoms with Crippen molar-refractivity contribution < 1.29 is 4.74 Å². The summed E-state index contributed by atoms with van der Waals surface area (Å²) in [6.45, 7) is 4.04. The van der Waals surface area contributed by atoms with E-state index in [9.17, 15) is 0 Å². The number of aromatic nitrogens is 3. The molecule has 1 N–H and O–H groups in total. The van der Waals surface area contributed by atoms with Crippen LogP contribution >= 0.6 is 0 Å². The highest BCUT2D eigenvalue weighted by Gasteiger charge is 2.04. The molecule has 2 aromatic rings. The molecule has 0 spiro atoms. The van der Waals surface area contributed by atoms with Crippen molar-refractivity contribution in [1.29, 1.82) is 0 Å². The Balaban J connectivity index is 2.29. The molecule has 0 aliphatic heterocycles. The minimum Gasteiger partial charge on any atom is -0.436 e. The molecule has 4 heteroatoms. The van der Waals surface area contributed by atoms with Gasteiger partial charge in [-0.2, -0.15) is 0 Å². The van der Waals surface area contributed by atoms with Crippen molar-refractivity contribution in [3.05, 3.63) is 35.5 Å². The van der Waals surface area contributed by atoms with Gasteiger partial charge in [0.05, 0.1) is 0 Å². The van der Waals surface area contributed by atoms with Gasteiger partial charge in [-0.05, 0) is 31.0 Å². The second kappa shape index (κ2) is 3.49. The fourth-order valence-corrected chi connectivity index (χ4v) is 1.15. The lowest BCUT2D eigenvalue weighted by molar-refractivity contribution is 0.457. The van der Waals surface area contributed by atoms with E-state index in [1.807, 2.05) is 32.0 Å². The summed E-state index contributed by atoms with van der Waals surface area (Å²) >= 11 is 0. The van der Waals surface area contributed by atoms with E-state index in [0.717, 1.165) is 11.3 Å². The Labute approximate surface area is 81.9 Å². The van der Waals surface area contributed by atoms with Crippen molar-refractivity contribution in [1.82, 2.24) is 15.4 Å². The minimum absolute atomic E-state index is 0.360. The SMILES string of the molecule is Cc1cccc(Oc2[c][nH]nn2)c1C. The van der Waals surface area contributed by atoms with Crippen molar-refractivity contribution in [2.75, 3.05) is 0 Å². The lowest BCUT2D eigenvalue weighted by atomic mass is 10.1. The van der Waals surface area contributed by atoms with Crippen molar-refractivity contribution >= 4 is 0 Å². The van der Waals surface area contributed by atoms with Crippen LogP contribution in [-0.2, 0) is 0 Å². The highest BCUT2D eigenvalue weighted by molar-refractivity contribution is 5.39. The topological polar surface area (TPSA) is 50.8 Å². The van der Waals surface area contributed by atoms with Crippen LogP contribution in [0.3, 0.4) is 0 Å². The Morgan fingerprint density at radius 3 is 2.93 bits per heavy atom.